The van der Waals surface area contributed by atoms with Crippen LogP contribution in [0, 0.1) is 6.92 Å². The molecule has 8 heteroatoms. The van der Waals surface area contributed by atoms with Gasteiger partial charge in [0.25, 0.3) is 11.5 Å². The first-order valence-electron chi connectivity index (χ1n) is 10.8. The molecule has 1 aliphatic rings. The van der Waals surface area contributed by atoms with Crippen molar-refractivity contribution in [2.24, 2.45) is 7.05 Å². The van der Waals surface area contributed by atoms with E-state index in [-0.39, 0.29) is 22.9 Å². The number of aryl methyl sites for hydroxylation is 1. The van der Waals surface area contributed by atoms with Gasteiger partial charge in [-0.15, -0.1) is 0 Å². The molecule has 3 aromatic rings. The zero-order chi connectivity index (χ0) is 22.8. The summed E-state index contributed by atoms with van der Waals surface area (Å²) in [4.78, 5) is 43.2. The van der Waals surface area contributed by atoms with Crippen molar-refractivity contribution in [3.05, 3.63) is 70.0 Å². The summed E-state index contributed by atoms with van der Waals surface area (Å²) in [6.45, 7) is 3.01. The van der Waals surface area contributed by atoms with Gasteiger partial charge in [-0.2, -0.15) is 0 Å². The third kappa shape index (κ3) is 4.26. The Bertz CT molecular complexity index is 1190. The Morgan fingerprint density at radius 1 is 1.12 bits per heavy atom. The Morgan fingerprint density at radius 2 is 1.88 bits per heavy atom. The number of piperidine rings is 1. The van der Waals surface area contributed by atoms with Gasteiger partial charge < -0.3 is 14.4 Å². The number of hydrogen-bond acceptors (Lipinski definition) is 6. The van der Waals surface area contributed by atoms with Crippen molar-refractivity contribution in [3.63, 3.8) is 0 Å². The molecule has 1 saturated heterocycles. The van der Waals surface area contributed by atoms with E-state index in [1.807, 2.05) is 50.2 Å². The number of nitrogens with zero attached hydrogens (tertiary/aromatic N) is 6. The van der Waals surface area contributed by atoms with Gasteiger partial charge >= 0.3 is 0 Å². The van der Waals surface area contributed by atoms with Gasteiger partial charge in [0.15, 0.2) is 5.82 Å². The zero-order valence-corrected chi connectivity index (χ0v) is 18.9. The molecule has 3 aromatic heterocycles. The van der Waals surface area contributed by atoms with Crippen molar-refractivity contribution >= 4 is 11.7 Å². The topological polar surface area (TPSA) is 84.2 Å². The van der Waals surface area contributed by atoms with E-state index in [0.717, 1.165) is 35.6 Å². The Hall–Kier alpha value is -3.55. The lowest BCUT2D eigenvalue weighted by Gasteiger charge is -2.33. The molecule has 4 rings (SSSR count). The number of amides is 1. The van der Waals surface area contributed by atoms with Crippen molar-refractivity contribution in [2.45, 2.75) is 25.7 Å². The number of rotatable bonds is 4. The summed E-state index contributed by atoms with van der Waals surface area (Å²) in [6.07, 6.45) is 5.23. The van der Waals surface area contributed by atoms with Crippen molar-refractivity contribution in [3.8, 4) is 11.4 Å². The minimum Gasteiger partial charge on any atom is -0.363 e. The van der Waals surface area contributed by atoms with Gasteiger partial charge in [0, 0.05) is 69.9 Å². The van der Waals surface area contributed by atoms with E-state index in [1.54, 1.807) is 30.4 Å². The first kappa shape index (κ1) is 21.7. The Kier molecular flexibility index (Phi) is 6.03. The minimum atomic E-state index is -0.256. The summed E-state index contributed by atoms with van der Waals surface area (Å²) < 4.78 is 1.52. The molecular formula is C24H28N6O2. The number of pyridine rings is 2. The van der Waals surface area contributed by atoms with E-state index in [4.69, 9.17) is 9.97 Å². The quantitative estimate of drug-likeness (QED) is 0.630. The highest BCUT2D eigenvalue weighted by Gasteiger charge is 2.28. The molecule has 0 saturated carbocycles. The SMILES string of the molecule is Cc1ccc(C(=O)N2CCC[C@@H](c3cc(N(C)C)nc(-c4ccncc4)n3)C2)c(=O)n1C. The van der Waals surface area contributed by atoms with Crippen molar-refractivity contribution in [1.29, 1.82) is 0 Å². The fraction of sp³-hybridized carbons (Fsp3) is 0.375. The van der Waals surface area contributed by atoms with Gasteiger partial charge in [-0.1, -0.05) is 0 Å². The Morgan fingerprint density at radius 3 is 2.59 bits per heavy atom. The van der Waals surface area contributed by atoms with Crippen LogP contribution >= 0.6 is 0 Å². The van der Waals surface area contributed by atoms with Crippen LogP contribution in [0.2, 0.25) is 0 Å². The molecule has 1 amide bonds. The van der Waals surface area contributed by atoms with E-state index in [0.29, 0.717) is 18.9 Å². The molecule has 1 fully saturated rings. The highest BCUT2D eigenvalue weighted by atomic mass is 16.2. The van der Waals surface area contributed by atoms with E-state index in [9.17, 15) is 9.59 Å². The van der Waals surface area contributed by atoms with Crippen LogP contribution in [-0.2, 0) is 7.05 Å². The van der Waals surface area contributed by atoms with Crippen molar-refractivity contribution in [2.75, 3.05) is 32.1 Å². The number of anilines is 1. The maximum Gasteiger partial charge on any atom is 0.263 e. The molecule has 166 valence electrons. The third-order valence-electron chi connectivity index (χ3n) is 6.04. The van der Waals surface area contributed by atoms with E-state index in [1.165, 1.54) is 4.57 Å². The molecule has 0 aliphatic carbocycles. The van der Waals surface area contributed by atoms with Gasteiger partial charge in [-0.3, -0.25) is 14.6 Å². The molecule has 4 heterocycles. The summed E-state index contributed by atoms with van der Waals surface area (Å²) in [5, 5.41) is 0. The summed E-state index contributed by atoms with van der Waals surface area (Å²) in [7, 11) is 5.59. The predicted molar refractivity (Wildman–Crippen MR) is 124 cm³/mol. The average Bonchev–Trinajstić information content (AvgIpc) is 2.82. The summed E-state index contributed by atoms with van der Waals surface area (Å²) in [5.74, 6) is 1.32. The standard InChI is InChI=1S/C24H28N6O2/c1-16-7-8-19(23(31)29(16)4)24(32)30-13-5-6-18(15-30)20-14-21(28(2)3)27-22(26-20)17-9-11-25-12-10-17/h7-12,14,18H,5-6,13,15H2,1-4H3/t18-/m1/s1. The maximum absolute atomic E-state index is 13.2. The van der Waals surface area contributed by atoms with Gasteiger partial charge in [-0.05, 0) is 44.0 Å². The normalized spacial score (nSPS) is 16.1. The average molecular weight is 433 g/mol. The Labute approximate surface area is 187 Å². The number of hydrogen-bond donors (Lipinski definition) is 0. The van der Waals surface area contributed by atoms with Crippen LogP contribution in [0.3, 0.4) is 0 Å². The van der Waals surface area contributed by atoms with E-state index < -0.39 is 0 Å². The smallest absolute Gasteiger partial charge is 0.263 e. The predicted octanol–water partition coefficient (Wildman–Crippen LogP) is 2.63. The largest absolute Gasteiger partial charge is 0.363 e. The molecule has 0 spiro atoms. The maximum atomic E-state index is 13.2. The number of aromatic nitrogens is 4. The number of carbonyl (C=O) groups excluding carboxylic acids is 1. The highest BCUT2D eigenvalue weighted by Crippen LogP contribution is 2.30. The summed E-state index contributed by atoms with van der Waals surface area (Å²) >= 11 is 0. The third-order valence-corrected chi connectivity index (χ3v) is 6.04. The highest BCUT2D eigenvalue weighted by molar-refractivity contribution is 5.94. The molecule has 1 atom stereocenters. The molecule has 0 radical (unpaired) electrons. The molecule has 0 aromatic carbocycles. The minimum absolute atomic E-state index is 0.0734. The molecule has 0 N–H and O–H groups in total. The fourth-order valence-corrected chi connectivity index (χ4v) is 3.98. The van der Waals surface area contributed by atoms with Crippen molar-refractivity contribution < 1.29 is 4.79 Å². The van der Waals surface area contributed by atoms with Gasteiger partial charge in [0.1, 0.15) is 11.4 Å². The zero-order valence-electron chi connectivity index (χ0n) is 18.9. The summed E-state index contributed by atoms with van der Waals surface area (Å²) in [6, 6.07) is 9.23. The number of likely N-dealkylation sites (tertiary alicyclic amines) is 1. The molecule has 0 bridgehead atoms. The number of carbonyl (C=O) groups is 1. The van der Waals surface area contributed by atoms with Gasteiger partial charge in [-0.25, -0.2) is 9.97 Å². The van der Waals surface area contributed by atoms with Gasteiger partial charge in [0.2, 0.25) is 0 Å². The van der Waals surface area contributed by atoms with Crippen LogP contribution in [0.5, 0.6) is 0 Å². The van der Waals surface area contributed by atoms with E-state index >= 15 is 0 Å². The lowest BCUT2D eigenvalue weighted by molar-refractivity contribution is 0.0703. The Balaban J connectivity index is 1.65. The van der Waals surface area contributed by atoms with Crippen LogP contribution in [0.15, 0.2) is 47.5 Å². The van der Waals surface area contributed by atoms with Gasteiger partial charge in [0.05, 0.1) is 5.69 Å². The molecule has 8 nitrogen and oxygen atoms in total. The fourth-order valence-electron chi connectivity index (χ4n) is 3.98. The monoisotopic (exact) mass is 432 g/mol. The second-order valence-electron chi connectivity index (χ2n) is 8.45. The lowest BCUT2D eigenvalue weighted by atomic mass is 9.93. The second-order valence-corrected chi connectivity index (χ2v) is 8.45. The molecular weight excluding hydrogens is 404 g/mol. The summed E-state index contributed by atoms with van der Waals surface area (Å²) in [5.41, 5.74) is 2.59. The lowest BCUT2D eigenvalue weighted by Crippen LogP contribution is -2.42. The molecule has 0 unspecified atom stereocenters. The van der Waals surface area contributed by atoms with Crippen LogP contribution in [-0.4, -0.2) is 57.5 Å². The van der Waals surface area contributed by atoms with Crippen LogP contribution in [0.25, 0.3) is 11.4 Å². The first-order chi connectivity index (χ1) is 15.3. The molecule has 32 heavy (non-hydrogen) atoms. The van der Waals surface area contributed by atoms with Crippen molar-refractivity contribution in [1.82, 2.24) is 24.4 Å². The van der Waals surface area contributed by atoms with Crippen LogP contribution < -0.4 is 10.5 Å². The van der Waals surface area contributed by atoms with Crippen LogP contribution in [0.1, 0.15) is 40.5 Å². The van der Waals surface area contributed by atoms with Crippen LogP contribution in [0.4, 0.5) is 5.82 Å². The van der Waals surface area contributed by atoms with E-state index in [2.05, 4.69) is 4.98 Å². The molecule has 1 aliphatic heterocycles. The second kappa shape index (κ2) is 8.90. The first-order valence-corrected chi connectivity index (χ1v) is 10.8.